The van der Waals surface area contributed by atoms with E-state index in [9.17, 15) is 14.2 Å². The Labute approximate surface area is 256 Å². The van der Waals surface area contributed by atoms with Gasteiger partial charge in [-0.2, -0.15) is 0 Å². The van der Waals surface area contributed by atoms with Crippen molar-refractivity contribution < 1.29 is 37.8 Å². The molecule has 4 rings (SSSR count). The normalized spacial score (nSPS) is 11.7. The van der Waals surface area contributed by atoms with E-state index in [1.807, 2.05) is 54.6 Å². The molecule has 0 unspecified atom stereocenters. The average Bonchev–Trinajstić information content (AvgIpc) is 3.03. The van der Waals surface area contributed by atoms with Gasteiger partial charge in [-0.05, 0) is 47.4 Å². The van der Waals surface area contributed by atoms with Gasteiger partial charge in [0, 0.05) is 18.7 Å². The topological polar surface area (TPSA) is 132 Å². The Hall–Kier alpha value is -4.79. The Kier molecular flexibility index (Phi) is 11.4. The maximum absolute atomic E-state index is 14.2. The number of hydrogen-bond acceptors (Lipinski definition) is 8. The fourth-order valence-corrected chi connectivity index (χ4v) is 5.80. The molecule has 1 amide bonds. The van der Waals surface area contributed by atoms with Crippen LogP contribution in [0.4, 0.5) is 0 Å². The Morgan fingerprint density at radius 1 is 0.750 bits per heavy atom. The SMILES string of the molecule is COc1cccc(OP(=O)(CN[C@@H](Cc2ccc(-c3ccccc3)cc2)C(=O)NCCC(=O)O)Oc2cccc(OC)c2)c1. The van der Waals surface area contributed by atoms with Crippen LogP contribution in [0.25, 0.3) is 11.1 Å². The van der Waals surface area contributed by atoms with E-state index in [4.69, 9.17) is 23.6 Å². The Balaban J connectivity index is 1.57. The zero-order valence-corrected chi connectivity index (χ0v) is 25.4. The maximum Gasteiger partial charge on any atom is 0.444 e. The van der Waals surface area contributed by atoms with E-state index >= 15 is 0 Å². The van der Waals surface area contributed by atoms with Gasteiger partial charge >= 0.3 is 13.6 Å². The van der Waals surface area contributed by atoms with Gasteiger partial charge in [-0.25, -0.2) is 4.57 Å². The van der Waals surface area contributed by atoms with Crippen molar-refractivity contribution in [3.8, 4) is 34.1 Å². The maximum atomic E-state index is 14.2. The van der Waals surface area contributed by atoms with E-state index in [-0.39, 0.29) is 37.2 Å². The molecule has 0 aliphatic carbocycles. The molecule has 0 radical (unpaired) electrons. The van der Waals surface area contributed by atoms with E-state index in [1.54, 1.807) is 48.5 Å². The van der Waals surface area contributed by atoms with Crippen molar-refractivity contribution in [1.82, 2.24) is 10.6 Å². The summed E-state index contributed by atoms with van der Waals surface area (Å²) in [5, 5.41) is 14.7. The molecule has 11 heteroatoms. The summed E-state index contributed by atoms with van der Waals surface area (Å²) in [4.78, 5) is 24.3. The fraction of sp³-hybridized carbons (Fsp3) is 0.212. The summed E-state index contributed by atoms with van der Waals surface area (Å²) in [5.41, 5.74) is 2.92. The molecule has 0 saturated heterocycles. The first-order valence-corrected chi connectivity index (χ1v) is 15.6. The van der Waals surface area contributed by atoms with E-state index in [1.165, 1.54) is 14.2 Å². The molecule has 0 spiro atoms. The quantitative estimate of drug-likeness (QED) is 0.134. The summed E-state index contributed by atoms with van der Waals surface area (Å²) in [5.74, 6) is 0.00520. The largest absolute Gasteiger partial charge is 0.497 e. The van der Waals surface area contributed by atoms with Crippen LogP contribution in [0.1, 0.15) is 12.0 Å². The highest BCUT2D eigenvalue weighted by molar-refractivity contribution is 7.54. The molecule has 3 N–H and O–H groups in total. The number of benzene rings is 4. The van der Waals surface area contributed by atoms with Gasteiger partial charge < -0.3 is 28.9 Å². The number of rotatable bonds is 16. The molecular weight excluding hydrogens is 583 g/mol. The minimum absolute atomic E-state index is 0.0580. The van der Waals surface area contributed by atoms with Gasteiger partial charge in [0.25, 0.3) is 0 Å². The number of carboxylic acids is 1. The third-order valence-electron chi connectivity index (χ3n) is 6.56. The Bertz CT molecular complexity index is 1530. The second-order valence-electron chi connectivity index (χ2n) is 9.77. The van der Waals surface area contributed by atoms with Crippen LogP contribution in [0.3, 0.4) is 0 Å². The second-order valence-corrected chi connectivity index (χ2v) is 11.7. The summed E-state index contributed by atoms with van der Waals surface area (Å²) in [6.45, 7) is -0.0580. The summed E-state index contributed by atoms with van der Waals surface area (Å²) in [6.07, 6.45) is -0.354. The molecule has 0 aliphatic rings. The third kappa shape index (κ3) is 9.62. The van der Waals surface area contributed by atoms with Gasteiger partial charge in [0.05, 0.1) is 26.7 Å². The minimum atomic E-state index is -4.01. The number of hydrogen-bond donors (Lipinski definition) is 3. The van der Waals surface area contributed by atoms with Crippen LogP contribution in [0, 0.1) is 0 Å². The molecule has 1 atom stereocenters. The van der Waals surface area contributed by atoms with Crippen LogP contribution in [0.5, 0.6) is 23.0 Å². The first-order valence-electron chi connectivity index (χ1n) is 13.9. The number of carbonyl (C=O) groups is 2. The number of nitrogens with one attached hydrogen (secondary N) is 2. The Morgan fingerprint density at radius 3 is 1.84 bits per heavy atom. The molecule has 0 heterocycles. The van der Waals surface area contributed by atoms with Crippen molar-refractivity contribution in [1.29, 1.82) is 0 Å². The van der Waals surface area contributed by atoms with E-state index in [0.29, 0.717) is 11.5 Å². The molecule has 4 aromatic carbocycles. The van der Waals surface area contributed by atoms with Crippen LogP contribution in [-0.2, 0) is 20.6 Å². The first-order chi connectivity index (χ1) is 21.3. The van der Waals surface area contributed by atoms with Gasteiger partial charge in [0.15, 0.2) is 0 Å². The molecular formula is C33H35N2O8P. The molecule has 0 saturated carbocycles. The zero-order valence-electron chi connectivity index (χ0n) is 24.5. The van der Waals surface area contributed by atoms with Crippen molar-refractivity contribution in [2.24, 2.45) is 0 Å². The summed E-state index contributed by atoms with van der Waals surface area (Å²) < 4.78 is 36.6. The lowest BCUT2D eigenvalue weighted by molar-refractivity contribution is -0.137. The molecule has 0 bridgehead atoms. The Morgan fingerprint density at radius 2 is 1.30 bits per heavy atom. The number of carboxylic acid groups (broad SMARTS) is 1. The molecule has 44 heavy (non-hydrogen) atoms. The van der Waals surface area contributed by atoms with Gasteiger partial charge in [-0.15, -0.1) is 0 Å². The van der Waals surface area contributed by atoms with E-state index in [2.05, 4.69) is 10.6 Å². The standard InChI is InChI=1S/C33H35N2O8P/c1-40-27-10-6-12-29(21-27)42-44(39,43-30-13-7-11-28(22-30)41-2)23-35-31(33(38)34-19-18-32(36)37)20-24-14-16-26(17-15-24)25-8-4-3-5-9-25/h3-17,21-22,31,35H,18-20,23H2,1-2H3,(H,34,38)(H,36,37)/t31-/m0/s1. The van der Waals surface area contributed by atoms with Crippen LogP contribution in [0.15, 0.2) is 103 Å². The summed E-state index contributed by atoms with van der Waals surface area (Å²) in [6, 6.07) is 30.0. The van der Waals surface area contributed by atoms with Crippen molar-refractivity contribution in [2.75, 3.05) is 27.1 Å². The molecule has 4 aromatic rings. The molecule has 0 fully saturated rings. The molecule has 0 aromatic heterocycles. The lowest BCUT2D eigenvalue weighted by atomic mass is 10.0. The van der Waals surface area contributed by atoms with Crippen molar-refractivity contribution in [2.45, 2.75) is 18.9 Å². The zero-order chi connectivity index (χ0) is 31.4. The number of carbonyl (C=O) groups excluding carboxylic acids is 1. The number of aliphatic carboxylic acids is 1. The van der Waals surface area contributed by atoms with E-state index < -0.39 is 25.5 Å². The first kappa shape index (κ1) is 32.1. The number of ether oxygens (including phenoxy) is 2. The average molecular weight is 619 g/mol. The van der Waals surface area contributed by atoms with Crippen molar-refractivity contribution in [3.63, 3.8) is 0 Å². The summed E-state index contributed by atoms with van der Waals surface area (Å²) in [7, 11) is -0.994. The lowest BCUT2D eigenvalue weighted by Gasteiger charge is -2.24. The lowest BCUT2D eigenvalue weighted by Crippen LogP contribution is -2.46. The predicted octanol–water partition coefficient (Wildman–Crippen LogP) is 5.77. The highest BCUT2D eigenvalue weighted by Crippen LogP contribution is 2.48. The third-order valence-corrected chi connectivity index (χ3v) is 8.11. The van der Waals surface area contributed by atoms with Crippen molar-refractivity contribution >= 4 is 19.5 Å². The number of amides is 1. The monoisotopic (exact) mass is 618 g/mol. The minimum Gasteiger partial charge on any atom is -0.497 e. The van der Waals surface area contributed by atoms with Gasteiger partial charge in [0.2, 0.25) is 5.91 Å². The molecule has 10 nitrogen and oxygen atoms in total. The van der Waals surface area contributed by atoms with E-state index in [0.717, 1.165) is 16.7 Å². The number of methoxy groups -OCH3 is 2. The van der Waals surface area contributed by atoms with Crippen LogP contribution in [0.2, 0.25) is 0 Å². The highest BCUT2D eigenvalue weighted by atomic mass is 31.2. The second kappa shape index (κ2) is 15.6. The highest BCUT2D eigenvalue weighted by Gasteiger charge is 2.32. The van der Waals surface area contributed by atoms with Crippen molar-refractivity contribution in [3.05, 3.63) is 109 Å². The van der Waals surface area contributed by atoms with Crippen LogP contribution in [-0.4, -0.2) is 50.1 Å². The van der Waals surface area contributed by atoms with Crippen LogP contribution >= 0.6 is 7.60 Å². The molecule has 230 valence electrons. The van der Waals surface area contributed by atoms with Gasteiger partial charge in [-0.3, -0.25) is 14.9 Å². The van der Waals surface area contributed by atoms with Gasteiger partial charge in [-0.1, -0.05) is 66.7 Å². The predicted molar refractivity (Wildman–Crippen MR) is 167 cm³/mol. The van der Waals surface area contributed by atoms with Gasteiger partial charge in [0.1, 0.15) is 29.3 Å². The fourth-order valence-electron chi connectivity index (χ4n) is 4.32. The smallest absolute Gasteiger partial charge is 0.444 e. The molecule has 0 aliphatic heterocycles. The van der Waals surface area contributed by atoms with Crippen LogP contribution < -0.4 is 29.2 Å². The summed E-state index contributed by atoms with van der Waals surface area (Å²) >= 11 is 0.